The Kier molecular flexibility index (Phi) is 5.73. The monoisotopic (exact) mass is 383 g/mol. The molecule has 2 aromatic carbocycles. The second kappa shape index (κ2) is 8.21. The normalized spacial score (nSPS) is 18.9. The summed E-state index contributed by atoms with van der Waals surface area (Å²) in [5.41, 5.74) is 0.424. The van der Waals surface area contributed by atoms with Gasteiger partial charge >= 0.3 is 6.03 Å². The number of carbonyl (C=O) groups is 3. The number of urea groups is 1. The Morgan fingerprint density at radius 1 is 1.11 bits per heavy atom. The standard InChI is InChI=1S/C21H22FN3O3/c1-2-21(16-6-4-3-5-7-16)19(27)25(20(28)24-21)14-18(26)23-13-12-15-8-10-17(22)11-9-15/h3-11H,2,12-14H2,1H3,(H,23,26)(H,24,28). The molecule has 1 heterocycles. The molecule has 0 aliphatic carbocycles. The summed E-state index contributed by atoms with van der Waals surface area (Å²) >= 11 is 0. The summed E-state index contributed by atoms with van der Waals surface area (Å²) in [5, 5.41) is 5.44. The number of nitrogens with zero attached hydrogens (tertiary/aromatic N) is 1. The molecule has 3 rings (SSSR count). The molecule has 1 aliphatic heterocycles. The predicted octanol–water partition coefficient (Wildman–Crippen LogP) is 2.34. The first-order valence-electron chi connectivity index (χ1n) is 9.17. The lowest BCUT2D eigenvalue weighted by Crippen LogP contribution is -2.45. The van der Waals surface area contributed by atoms with Gasteiger partial charge in [-0.15, -0.1) is 0 Å². The van der Waals surface area contributed by atoms with Gasteiger partial charge in [-0.2, -0.15) is 0 Å². The van der Waals surface area contributed by atoms with Gasteiger partial charge in [-0.1, -0.05) is 49.4 Å². The number of rotatable bonds is 7. The summed E-state index contributed by atoms with van der Waals surface area (Å²) in [5.74, 6) is -1.17. The maximum atomic E-state index is 13.0. The highest BCUT2D eigenvalue weighted by molar-refractivity contribution is 6.09. The van der Waals surface area contributed by atoms with Gasteiger partial charge in [0.15, 0.2) is 0 Å². The first kappa shape index (κ1) is 19.5. The summed E-state index contributed by atoms with van der Waals surface area (Å²) in [6.45, 7) is 1.80. The molecule has 146 valence electrons. The molecule has 0 spiro atoms. The minimum Gasteiger partial charge on any atom is -0.354 e. The molecule has 1 aliphatic rings. The average Bonchev–Trinajstić information content (AvgIpc) is 2.95. The molecule has 7 heteroatoms. The van der Waals surface area contributed by atoms with Gasteiger partial charge in [-0.25, -0.2) is 9.18 Å². The van der Waals surface area contributed by atoms with Crippen molar-refractivity contribution in [3.8, 4) is 0 Å². The number of imide groups is 1. The zero-order valence-electron chi connectivity index (χ0n) is 15.6. The molecule has 1 saturated heterocycles. The van der Waals surface area contributed by atoms with Crippen molar-refractivity contribution >= 4 is 17.8 Å². The lowest BCUT2D eigenvalue weighted by Gasteiger charge is -2.25. The lowest BCUT2D eigenvalue weighted by atomic mass is 9.87. The quantitative estimate of drug-likeness (QED) is 0.721. The Bertz CT molecular complexity index is 870. The molecular formula is C21H22FN3O3. The molecule has 28 heavy (non-hydrogen) atoms. The number of halogens is 1. The van der Waals surface area contributed by atoms with Crippen molar-refractivity contribution in [2.75, 3.05) is 13.1 Å². The highest BCUT2D eigenvalue weighted by Crippen LogP contribution is 2.32. The fourth-order valence-electron chi connectivity index (χ4n) is 3.33. The zero-order valence-corrected chi connectivity index (χ0v) is 15.6. The summed E-state index contributed by atoms with van der Waals surface area (Å²) in [6, 6.07) is 14.4. The summed E-state index contributed by atoms with van der Waals surface area (Å²) in [4.78, 5) is 38.5. The third-order valence-corrected chi connectivity index (χ3v) is 4.92. The van der Waals surface area contributed by atoms with Crippen molar-refractivity contribution in [2.24, 2.45) is 0 Å². The van der Waals surface area contributed by atoms with Crippen LogP contribution in [0.4, 0.5) is 9.18 Å². The maximum absolute atomic E-state index is 13.0. The molecule has 1 fully saturated rings. The van der Waals surface area contributed by atoms with E-state index in [4.69, 9.17) is 0 Å². The molecule has 1 atom stereocenters. The van der Waals surface area contributed by atoms with Crippen molar-refractivity contribution in [1.82, 2.24) is 15.5 Å². The van der Waals surface area contributed by atoms with E-state index in [1.807, 2.05) is 13.0 Å². The first-order chi connectivity index (χ1) is 13.5. The Balaban J connectivity index is 1.60. The van der Waals surface area contributed by atoms with E-state index >= 15 is 0 Å². The van der Waals surface area contributed by atoms with E-state index in [1.165, 1.54) is 12.1 Å². The van der Waals surface area contributed by atoms with Crippen molar-refractivity contribution in [3.05, 3.63) is 71.5 Å². The number of hydrogen-bond donors (Lipinski definition) is 2. The second-order valence-electron chi connectivity index (χ2n) is 6.67. The van der Waals surface area contributed by atoms with Crippen LogP contribution in [0.3, 0.4) is 0 Å². The second-order valence-corrected chi connectivity index (χ2v) is 6.67. The molecule has 4 amide bonds. The van der Waals surface area contributed by atoms with E-state index in [9.17, 15) is 18.8 Å². The molecule has 0 aromatic heterocycles. The average molecular weight is 383 g/mol. The lowest BCUT2D eigenvalue weighted by molar-refractivity contribution is -0.135. The predicted molar refractivity (Wildman–Crippen MR) is 102 cm³/mol. The van der Waals surface area contributed by atoms with Gasteiger partial charge in [0.2, 0.25) is 5.91 Å². The van der Waals surface area contributed by atoms with E-state index in [0.29, 0.717) is 24.9 Å². The Morgan fingerprint density at radius 2 is 1.79 bits per heavy atom. The maximum Gasteiger partial charge on any atom is 0.325 e. The molecule has 0 saturated carbocycles. The van der Waals surface area contributed by atoms with Crippen LogP contribution in [0.15, 0.2) is 54.6 Å². The number of hydrogen-bond acceptors (Lipinski definition) is 3. The minimum absolute atomic E-state index is 0.316. The Hall–Kier alpha value is -3.22. The van der Waals surface area contributed by atoms with Gasteiger partial charge in [0.1, 0.15) is 17.9 Å². The van der Waals surface area contributed by atoms with Crippen molar-refractivity contribution < 1.29 is 18.8 Å². The molecule has 0 radical (unpaired) electrons. The first-order valence-corrected chi connectivity index (χ1v) is 9.17. The summed E-state index contributed by atoms with van der Waals surface area (Å²) < 4.78 is 12.9. The molecule has 2 N–H and O–H groups in total. The van der Waals surface area contributed by atoms with Crippen LogP contribution in [0, 0.1) is 5.82 Å². The number of nitrogens with one attached hydrogen (secondary N) is 2. The Labute approximate surface area is 162 Å². The van der Waals surface area contributed by atoms with Gasteiger partial charge < -0.3 is 10.6 Å². The Morgan fingerprint density at radius 3 is 2.43 bits per heavy atom. The smallest absolute Gasteiger partial charge is 0.325 e. The van der Waals surface area contributed by atoms with Gasteiger partial charge in [0.25, 0.3) is 5.91 Å². The van der Waals surface area contributed by atoms with E-state index in [0.717, 1.165) is 10.5 Å². The van der Waals surface area contributed by atoms with Crippen molar-refractivity contribution in [3.63, 3.8) is 0 Å². The molecule has 2 aromatic rings. The molecular weight excluding hydrogens is 361 g/mol. The van der Waals surface area contributed by atoms with Crippen LogP contribution in [-0.4, -0.2) is 35.8 Å². The third-order valence-electron chi connectivity index (χ3n) is 4.92. The zero-order chi connectivity index (χ0) is 20.1. The topological polar surface area (TPSA) is 78.5 Å². The van der Waals surface area contributed by atoms with E-state index in [1.54, 1.807) is 36.4 Å². The van der Waals surface area contributed by atoms with Gasteiger partial charge in [0.05, 0.1) is 0 Å². The fourth-order valence-corrected chi connectivity index (χ4v) is 3.33. The van der Waals surface area contributed by atoms with Crippen LogP contribution < -0.4 is 10.6 Å². The minimum atomic E-state index is -1.15. The summed E-state index contributed by atoms with van der Waals surface area (Å²) in [6.07, 6.45) is 0.902. The third kappa shape index (κ3) is 3.88. The highest BCUT2D eigenvalue weighted by Gasteiger charge is 2.51. The largest absolute Gasteiger partial charge is 0.354 e. The van der Waals surface area contributed by atoms with Crippen LogP contribution in [0.5, 0.6) is 0 Å². The van der Waals surface area contributed by atoms with Gasteiger partial charge in [-0.3, -0.25) is 14.5 Å². The van der Waals surface area contributed by atoms with E-state index in [-0.39, 0.29) is 12.4 Å². The van der Waals surface area contributed by atoms with Crippen LogP contribution in [0.1, 0.15) is 24.5 Å². The SMILES string of the molecule is CCC1(c2ccccc2)NC(=O)N(CC(=O)NCCc2ccc(F)cc2)C1=O. The van der Waals surface area contributed by atoms with Gasteiger partial charge in [-0.05, 0) is 36.1 Å². The molecule has 0 bridgehead atoms. The van der Waals surface area contributed by atoms with Gasteiger partial charge in [0, 0.05) is 6.54 Å². The number of amides is 4. The van der Waals surface area contributed by atoms with E-state index < -0.39 is 23.4 Å². The van der Waals surface area contributed by atoms with Crippen LogP contribution in [0.2, 0.25) is 0 Å². The van der Waals surface area contributed by atoms with Crippen LogP contribution in [-0.2, 0) is 21.5 Å². The van der Waals surface area contributed by atoms with Crippen LogP contribution in [0.25, 0.3) is 0 Å². The van der Waals surface area contributed by atoms with Crippen molar-refractivity contribution in [1.29, 1.82) is 0 Å². The summed E-state index contributed by atoms with van der Waals surface area (Å²) in [7, 11) is 0. The molecule has 6 nitrogen and oxygen atoms in total. The van der Waals surface area contributed by atoms with Crippen molar-refractivity contribution in [2.45, 2.75) is 25.3 Å². The van der Waals surface area contributed by atoms with E-state index in [2.05, 4.69) is 10.6 Å². The number of carbonyl (C=O) groups excluding carboxylic acids is 3. The highest BCUT2D eigenvalue weighted by atomic mass is 19.1. The fraction of sp³-hybridized carbons (Fsp3) is 0.286. The molecule has 1 unspecified atom stereocenters. The van der Waals surface area contributed by atoms with Crippen LogP contribution >= 0.6 is 0 Å². The number of benzene rings is 2.